The topological polar surface area (TPSA) is 55.1 Å². The smallest absolute Gasteiger partial charge is 0.227 e. The highest BCUT2D eigenvalue weighted by Crippen LogP contribution is 2.18. The van der Waals surface area contributed by atoms with Gasteiger partial charge >= 0.3 is 0 Å². The fraction of sp³-hybridized carbons (Fsp3) is 0.727. The molecule has 1 atom stereocenters. The predicted octanol–water partition coefficient (Wildman–Crippen LogP) is 1.44. The lowest BCUT2D eigenvalue weighted by Gasteiger charge is -2.24. The van der Waals surface area contributed by atoms with Crippen molar-refractivity contribution in [3.8, 4) is 0 Å². The Balaban J connectivity index is 3.94. The van der Waals surface area contributed by atoms with E-state index in [4.69, 9.17) is 5.73 Å². The molecule has 0 bridgehead atoms. The van der Waals surface area contributed by atoms with Crippen LogP contribution in [-0.4, -0.2) is 19.0 Å². The maximum Gasteiger partial charge on any atom is 0.227 e. The van der Waals surface area contributed by atoms with Gasteiger partial charge in [0.05, 0.1) is 5.41 Å². The van der Waals surface area contributed by atoms with Crippen LogP contribution in [0.4, 0.5) is 0 Å². The van der Waals surface area contributed by atoms with Crippen LogP contribution >= 0.6 is 0 Å². The number of rotatable bonds is 6. The van der Waals surface area contributed by atoms with Crippen LogP contribution in [0.3, 0.4) is 0 Å². The van der Waals surface area contributed by atoms with Crippen molar-refractivity contribution in [3.63, 3.8) is 0 Å². The quantitative estimate of drug-likeness (QED) is 0.501. The average Bonchev–Trinajstić information content (AvgIpc) is 2.22. The first-order chi connectivity index (χ1) is 6.60. The molecule has 0 fully saturated rings. The summed E-state index contributed by atoms with van der Waals surface area (Å²) in [5.41, 5.74) is 5.17. The van der Waals surface area contributed by atoms with Crippen molar-refractivity contribution in [2.75, 3.05) is 13.1 Å². The number of hydrogen-bond acceptors (Lipinski definition) is 2. The zero-order chi connectivity index (χ0) is 11.0. The molecule has 82 valence electrons. The number of nitrogens with two attached hydrogens (primary N) is 1. The number of nitrogens with one attached hydrogen (secondary N) is 1. The van der Waals surface area contributed by atoms with Gasteiger partial charge in [-0.2, -0.15) is 0 Å². The average molecular weight is 198 g/mol. The zero-order valence-corrected chi connectivity index (χ0v) is 9.47. The monoisotopic (exact) mass is 198 g/mol. The highest BCUT2D eigenvalue weighted by atomic mass is 16.2. The lowest BCUT2D eigenvalue weighted by atomic mass is 9.87. The molecule has 14 heavy (non-hydrogen) atoms. The molecule has 0 saturated heterocycles. The predicted molar refractivity (Wildman–Crippen MR) is 59.9 cm³/mol. The summed E-state index contributed by atoms with van der Waals surface area (Å²) in [6.07, 6.45) is 5.67. The Morgan fingerprint density at radius 1 is 1.57 bits per heavy atom. The summed E-state index contributed by atoms with van der Waals surface area (Å²) in [5.74, 6) is 0.0620. The molecule has 0 aromatic rings. The summed E-state index contributed by atoms with van der Waals surface area (Å²) in [7, 11) is 0. The molecule has 0 aromatic carbocycles. The maximum absolute atomic E-state index is 11.7. The van der Waals surface area contributed by atoms with Crippen molar-refractivity contribution in [1.29, 1.82) is 0 Å². The summed E-state index contributed by atoms with van der Waals surface area (Å²) in [6, 6.07) is 0. The Morgan fingerprint density at radius 3 is 2.64 bits per heavy atom. The van der Waals surface area contributed by atoms with Gasteiger partial charge in [-0.25, -0.2) is 0 Å². The zero-order valence-electron chi connectivity index (χ0n) is 9.47. The van der Waals surface area contributed by atoms with Crippen molar-refractivity contribution >= 4 is 5.91 Å². The minimum absolute atomic E-state index is 0.0620. The number of hydrogen-bond donors (Lipinski definition) is 2. The fourth-order valence-corrected chi connectivity index (χ4v) is 1.05. The Bertz CT molecular complexity index is 195. The third kappa shape index (κ3) is 3.92. The summed E-state index contributed by atoms with van der Waals surface area (Å²) >= 11 is 0. The van der Waals surface area contributed by atoms with Crippen LogP contribution in [0.2, 0.25) is 0 Å². The first kappa shape index (κ1) is 13.2. The Labute approximate surface area is 86.8 Å². The number of amides is 1. The summed E-state index contributed by atoms with van der Waals surface area (Å²) < 4.78 is 0. The fourth-order valence-electron chi connectivity index (χ4n) is 1.05. The Hall–Kier alpha value is -0.830. The molecule has 0 heterocycles. The van der Waals surface area contributed by atoms with Gasteiger partial charge in [0.25, 0.3) is 0 Å². The van der Waals surface area contributed by atoms with Gasteiger partial charge in [0.15, 0.2) is 0 Å². The van der Waals surface area contributed by atoms with Crippen LogP contribution in [-0.2, 0) is 4.79 Å². The van der Waals surface area contributed by atoms with Crippen LogP contribution in [0.5, 0.6) is 0 Å². The van der Waals surface area contributed by atoms with Crippen LogP contribution < -0.4 is 11.1 Å². The molecule has 3 nitrogen and oxygen atoms in total. The lowest BCUT2D eigenvalue weighted by Crippen LogP contribution is -2.43. The van der Waals surface area contributed by atoms with Crippen LogP contribution in [0.1, 0.15) is 33.6 Å². The first-order valence-corrected chi connectivity index (χ1v) is 5.20. The van der Waals surface area contributed by atoms with Crippen LogP contribution in [0, 0.1) is 5.41 Å². The second-order valence-corrected chi connectivity index (χ2v) is 3.73. The van der Waals surface area contributed by atoms with Crippen molar-refractivity contribution in [2.45, 2.75) is 33.6 Å². The van der Waals surface area contributed by atoms with E-state index in [1.165, 1.54) is 0 Å². The van der Waals surface area contributed by atoms with Crippen molar-refractivity contribution in [2.24, 2.45) is 11.1 Å². The van der Waals surface area contributed by atoms with Gasteiger partial charge in [0.2, 0.25) is 5.91 Å². The highest BCUT2D eigenvalue weighted by Gasteiger charge is 2.28. The third-order valence-electron chi connectivity index (χ3n) is 2.61. The number of carbonyl (C=O) groups excluding carboxylic acids is 1. The van der Waals surface area contributed by atoms with Crippen molar-refractivity contribution < 1.29 is 4.79 Å². The van der Waals surface area contributed by atoms with E-state index in [0.29, 0.717) is 13.1 Å². The Kier molecular flexibility index (Phi) is 6.21. The maximum atomic E-state index is 11.7. The standard InChI is InChI=1S/C11H22N2O/c1-4-6-7-8-13-10(14)11(3,5-2)9-12/h4,6H,5,7-9,12H2,1-3H3,(H,13,14)/b6-4+. The largest absolute Gasteiger partial charge is 0.355 e. The van der Waals surface area contributed by atoms with E-state index in [-0.39, 0.29) is 5.91 Å². The van der Waals surface area contributed by atoms with E-state index in [2.05, 4.69) is 5.32 Å². The van der Waals surface area contributed by atoms with Gasteiger partial charge in [0, 0.05) is 13.1 Å². The molecule has 0 rings (SSSR count). The van der Waals surface area contributed by atoms with E-state index in [0.717, 1.165) is 12.8 Å². The van der Waals surface area contributed by atoms with Crippen LogP contribution in [0.25, 0.3) is 0 Å². The molecular formula is C11H22N2O. The molecule has 1 unspecified atom stereocenters. The van der Waals surface area contributed by atoms with Gasteiger partial charge in [-0.3, -0.25) is 4.79 Å². The molecule has 3 N–H and O–H groups in total. The van der Waals surface area contributed by atoms with Gasteiger partial charge in [-0.1, -0.05) is 19.1 Å². The minimum Gasteiger partial charge on any atom is -0.355 e. The molecule has 0 aliphatic heterocycles. The summed E-state index contributed by atoms with van der Waals surface area (Å²) in [4.78, 5) is 11.7. The molecule has 0 aliphatic carbocycles. The molecule has 0 saturated carbocycles. The lowest BCUT2D eigenvalue weighted by molar-refractivity contribution is -0.129. The van der Waals surface area contributed by atoms with Gasteiger partial charge in [0.1, 0.15) is 0 Å². The SMILES string of the molecule is C/C=C/CCNC(=O)C(C)(CC)CN. The normalized spacial score (nSPS) is 15.4. The summed E-state index contributed by atoms with van der Waals surface area (Å²) in [5, 5.41) is 2.89. The molecule has 3 heteroatoms. The number of carbonyl (C=O) groups is 1. The van der Waals surface area contributed by atoms with E-state index in [1.807, 2.05) is 32.9 Å². The van der Waals surface area contributed by atoms with Gasteiger partial charge in [-0.15, -0.1) is 0 Å². The highest BCUT2D eigenvalue weighted by molar-refractivity contribution is 5.82. The second-order valence-electron chi connectivity index (χ2n) is 3.73. The van der Waals surface area contributed by atoms with E-state index in [9.17, 15) is 4.79 Å². The molecule has 0 spiro atoms. The minimum atomic E-state index is -0.407. The molecule has 0 aromatic heterocycles. The van der Waals surface area contributed by atoms with Crippen LogP contribution in [0.15, 0.2) is 12.2 Å². The van der Waals surface area contributed by atoms with Gasteiger partial charge < -0.3 is 11.1 Å². The van der Waals surface area contributed by atoms with Crippen molar-refractivity contribution in [1.82, 2.24) is 5.32 Å². The molecule has 0 radical (unpaired) electrons. The first-order valence-electron chi connectivity index (χ1n) is 5.20. The van der Waals surface area contributed by atoms with E-state index in [1.54, 1.807) is 0 Å². The Morgan fingerprint density at radius 2 is 2.21 bits per heavy atom. The third-order valence-corrected chi connectivity index (χ3v) is 2.61. The van der Waals surface area contributed by atoms with Gasteiger partial charge in [-0.05, 0) is 26.7 Å². The van der Waals surface area contributed by atoms with Crippen molar-refractivity contribution in [3.05, 3.63) is 12.2 Å². The summed E-state index contributed by atoms with van der Waals surface area (Å²) in [6.45, 7) is 6.95. The molecular weight excluding hydrogens is 176 g/mol. The number of allylic oxidation sites excluding steroid dienone is 1. The molecule has 0 aliphatic rings. The van der Waals surface area contributed by atoms with E-state index < -0.39 is 5.41 Å². The second kappa shape index (κ2) is 6.60. The molecule has 1 amide bonds. The van der Waals surface area contributed by atoms with E-state index >= 15 is 0 Å².